The Kier molecular flexibility index (Phi) is 4.55. The number of carbonyl (C=O) groups is 1. The molecule has 0 saturated heterocycles. The number of nitrogens with zero attached hydrogens (tertiary/aromatic N) is 1. The molecule has 0 atom stereocenters. The Morgan fingerprint density at radius 2 is 1.64 bits per heavy atom. The van der Waals surface area contributed by atoms with Gasteiger partial charge in [0.15, 0.2) is 0 Å². The fourth-order valence-corrected chi connectivity index (χ4v) is 2.18. The molecule has 116 valence electrons. The van der Waals surface area contributed by atoms with Crippen molar-refractivity contribution < 1.29 is 4.79 Å². The minimum Gasteiger partial charge on any atom is -0.378 e. The van der Waals surface area contributed by atoms with Crippen LogP contribution < -0.4 is 10.2 Å². The van der Waals surface area contributed by atoms with Crippen LogP contribution in [0, 0.1) is 0 Å². The lowest BCUT2D eigenvalue weighted by Crippen LogP contribution is -2.15. The molecule has 3 nitrogen and oxygen atoms in total. The molecule has 1 amide bonds. The first-order valence-electron chi connectivity index (χ1n) is 7.46. The van der Waals surface area contributed by atoms with Crippen LogP contribution in [0.25, 0.3) is 0 Å². The Morgan fingerprint density at radius 1 is 1.00 bits per heavy atom. The van der Waals surface area contributed by atoms with Gasteiger partial charge < -0.3 is 10.2 Å². The summed E-state index contributed by atoms with van der Waals surface area (Å²) in [6.07, 6.45) is 0. The third-order valence-electron chi connectivity index (χ3n) is 3.63. The number of hydrogen-bond acceptors (Lipinski definition) is 2. The summed E-state index contributed by atoms with van der Waals surface area (Å²) in [7, 11) is 3.92. The molecule has 0 heterocycles. The molecule has 0 aromatic heterocycles. The molecule has 0 unspecified atom stereocenters. The van der Waals surface area contributed by atoms with Crippen LogP contribution >= 0.6 is 0 Å². The summed E-state index contributed by atoms with van der Waals surface area (Å²) in [6, 6.07) is 15.6. The largest absolute Gasteiger partial charge is 0.378 e. The second-order valence-corrected chi connectivity index (χ2v) is 6.73. The highest BCUT2D eigenvalue weighted by Gasteiger charge is 2.13. The molecule has 2 rings (SSSR count). The molecule has 0 bridgehead atoms. The summed E-state index contributed by atoms with van der Waals surface area (Å²) in [4.78, 5) is 14.3. The maximum Gasteiger partial charge on any atom is 0.255 e. The molecule has 0 fully saturated rings. The van der Waals surface area contributed by atoms with Crippen molar-refractivity contribution in [3.8, 4) is 0 Å². The summed E-state index contributed by atoms with van der Waals surface area (Å²) in [6.45, 7) is 6.52. The summed E-state index contributed by atoms with van der Waals surface area (Å²) < 4.78 is 0. The fraction of sp³-hybridized carbons (Fsp3) is 0.316. The van der Waals surface area contributed by atoms with E-state index >= 15 is 0 Å². The summed E-state index contributed by atoms with van der Waals surface area (Å²) in [5, 5.41) is 2.95. The van der Waals surface area contributed by atoms with E-state index < -0.39 is 0 Å². The SMILES string of the molecule is CN(C)c1cccc(C(=O)Nc2ccc(C(C)(C)C)cc2)c1. The molecule has 1 N–H and O–H groups in total. The van der Waals surface area contributed by atoms with Crippen molar-refractivity contribution in [2.24, 2.45) is 0 Å². The van der Waals surface area contributed by atoms with Crippen molar-refractivity contribution in [3.63, 3.8) is 0 Å². The highest BCUT2D eigenvalue weighted by atomic mass is 16.1. The van der Waals surface area contributed by atoms with E-state index in [0.29, 0.717) is 5.56 Å². The smallest absolute Gasteiger partial charge is 0.255 e. The van der Waals surface area contributed by atoms with Gasteiger partial charge in [0.2, 0.25) is 0 Å². The van der Waals surface area contributed by atoms with Crippen LogP contribution in [0.3, 0.4) is 0 Å². The number of nitrogens with one attached hydrogen (secondary N) is 1. The molecule has 0 aliphatic heterocycles. The second-order valence-electron chi connectivity index (χ2n) is 6.73. The van der Waals surface area contributed by atoms with Crippen molar-refractivity contribution in [1.29, 1.82) is 0 Å². The van der Waals surface area contributed by atoms with E-state index in [1.165, 1.54) is 5.56 Å². The van der Waals surface area contributed by atoms with Crippen LogP contribution in [0.1, 0.15) is 36.7 Å². The lowest BCUT2D eigenvalue weighted by Gasteiger charge is -2.19. The highest BCUT2D eigenvalue weighted by Crippen LogP contribution is 2.23. The van der Waals surface area contributed by atoms with Gasteiger partial charge in [-0.15, -0.1) is 0 Å². The van der Waals surface area contributed by atoms with E-state index in [-0.39, 0.29) is 11.3 Å². The van der Waals surface area contributed by atoms with E-state index in [4.69, 9.17) is 0 Å². The average Bonchev–Trinajstić information content (AvgIpc) is 2.47. The normalized spacial score (nSPS) is 11.1. The topological polar surface area (TPSA) is 32.3 Å². The summed E-state index contributed by atoms with van der Waals surface area (Å²) >= 11 is 0. The third-order valence-corrected chi connectivity index (χ3v) is 3.63. The maximum absolute atomic E-state index is 12.3. The van der Waals surface area contributed by atoms with Gasteiger partial charge in [0.05, 0.1) is 0 Å². The Balaban J connectivity index is 2.13. The molecule has 0 aliphatic rings. The molecule has 0 spiro atoms. The molecule has 2 aromatic rings. The van der Waals surface area contributed by atoms with E-state index in [1.807, 2.05) is 55.4 Å². The average molecular weight is 296 g/mol. The van der Waals surface area contributed by atoms with Crippen molar-refractivity contribution in [1.82, 2.24) is 0 Å². The predicted molar refractivity (Wildman–Crippen MR) is 93.9 cm³/mol. The van der Waals surface area contributed by atoms with Crippen molar-refractivity contribution >= 4 is 17.3 Å². The predicted octanol–water partition coefficient (Wildman–Crippen LogP) is 4.30. The van der Waals surface area contributed by atoms with Gasteiger partial charge in [-0.25, -0.2) is 0 Å². The summed E-state index contributed by atoms with van der Waals surface area (Å²) in [5.41, 5.74) is 3.85. The van der Waals surface area contributed by atoms with Crippen LogP contribution in [0.5, 0.6) is 0 Å². The zero-order chi connectivity index (χ0) is 16.3. The van der Waals surface area contributed by atoms with E-state index in [9.17, 15) is 4.79 Å². The summed E-state index contributed by atoms with van der Waals surface area (Å²) in [5.74, 6) is -0.0905. The van der Waals surface area contributed by atoms with Crippen molar-refractivity contribution in [2.45, 2.75) is 26.2 Å². The molecule has 0 saturated carbocycles. The number of carbonyl (C=O) groups excluding carboxylic acids is 1. The number of rotatable bonds is 3. The quantitative estimate of drug-likeness (QED) is 0.915. The minimum atomic E-state index is -0.0905. The number of anilines is 2. The van der Waals surface area contributed by atoms with Gasteiger partial charge >= 0.3 is 0 Å². The molecule has 3 heteroatoms. The standard InChI is InChI=1S/C19H24N2O/c1-19(2,3)15-9-11-16(12-10-15)20-18(22)14-7-6-8-17(13-14)21(4)5/h6-13H,1-5H3,(H,20,22). The lowest BCUT2D eigenvalue weighted by atomic mass is 9.87. The number of benzene rings is 2. The fourth-order valence-electron chi connectivity index (χ4n) is 2.18. The van der Waals surface area contributed by atoms with Gasteiger partial charge in [-0.2, -0.15) is 0 Å². The first-order chi connectivity index (χ1) is 10.3. The molecule has 0 radical (unpaired) electrons. The highest BCUT2D eigenvalue weighted by molar-refractivity contribution is 6.04. The zero-order valence-electron chi connectivity index (χ0n) is 14.0. The van der Waals surface area contributed by atoms with Gasteiger partial charge in [-0.3, -0.25) is 4.79 Å². The Labute approximate surface area is 133 Å². The van der Waals surface area contributed by atoms with Gasteiger partial charge in [0.1, 0.15) is 0 Å². The monoisotopic (exact) mass is 296 g/mol. The Morgan fingerprint density at radius 3 is 2.18 bits per heavy atom. The number of amides is 1. The van der Waals surface area contributed by atoms with E-state index in [2.05, 4.69) is 38.2 Å². The number of hydrogen-bond donors (Lipinski definition) is 1. The van der Waals surface area contributed by atoms with Crippen LogP contribution in [0.4, 0.5) is 11.4 Å². The van der Waals surface area contributed by atoms with E-state index in [1.54, 1.807) is 0 Å². The lowest BCUT2D eigenvalue weighted by molar-refractivity contribution is 0.102. The Hall–Kier alpha value is -2.29. The molecule has 22 heavy (non-hydrogen) atoms. The minimum absolute atomic E-state index is 0.0905. The first kappa shape index (κ1) is 16.1. The molecular weight excluding hydrogens is 272 g/mol. The maximum atomic E-state index is 12.3. The van der Waals surface area contributed by atoms with Crippen LogP contribution in [-0.2, 0) is 5.41 Å². The second kappa shape index (κ2) is 6.22. The zero-order valence-corrected chi connectivity index (χ0v) is 14.0. The van der Waals surface area contributed by atoms with Crippen molar-refractivity contribution in [3.05, 3.63) is 59.7 Å². The van der Waals surface area contributed by atoms with Crippen LogP contribution in [0.15, 0.2) is 48.5 Å². The molecular formula is C19H24N2O. The van der Waals surface area contributed by atoms with Gasteiger partial charge in [0, 0.05) is 31.0 Å². The molecule has 0 aliphatic carbocycles. The van der Waals surface area contributed by atoms with Gasteiger partial charge in [-0.1, -0.05) is 39.0 Å². The van der Waals surface area contributed by atoms with E-state index in [0.717, 1.165) is 11.4 Å². The van der Waals surface area contributed by atoms with Gasteiger partial charge in [-0.05, 0) is 41.3 Å². The first-order valence-corrected chi connectivity index (χ1v) is 7.46. The van der Waals surface area contributed by atoms with Crippen molar-refractivity contribution in [2.75, 3.05) is 24.3 Å². The van der Waals surface area contributed by atoms with Gasteiger partial charge in [0.25, 0.3) is 5.91 Å². The molecule has 2 aromatic carbocycles. The third kappa shape index (κ3) is 3.88. The Bertz CT molecular complexity index is 652. The van der Waals surface area contributed by atoms with Crippen LogP contribution in [0.2, 0.25) is 0 Å². The van der Waals surface area contributed by atoms with Crippen LogP contribution in [-0.4, -0.2) is 20.0 Å².